The quantitative estimate of drug-likeness (QED) is 0.726. The van der Waals surface area contributed by atoms with E-state index in [0.29, 0.717) is 13.0 Å². The predicted molar refractivity (Wildman–Crippen MR) is 56.7 cm³/mol. The van der Waals surface area contributed by atoms with Gasteiger partial charge >= 0.3 is 5.97 Å². The summed E-state index contributed by atoms with van der Waals surface area (Å²) in [6, 6.07) is 7.64. The molecule has 1 aromatic rings. The molecule has 4 heteroatoms. The van der Waals surface area contributed by atoms with E-state index in [1.165, 1.54) is 0 Å². The van der Waals surface area contributed by atoms with Crippen LogP contribution in [-0.2, 0) is 16.0 Å². The number of carbonyl (C=O) groups is 1. The van der Waals surface area contributed by atoms with Gasteiger partial charge < -0.3 is 15.2 Å². The van der Waals surface area contributed by atoms with Crippen molar-refractivity contribution in [2.24, 2.45) is 5.73 Å². The van der Waals surface area contributed by atoms with Crippen LogP contribution in [0.1, 0.15) is 5.56 Å². The lowest BCUT2D eigenvalue weighted by atomic mass is 10.1. The summed E-state index contributed by atoms with van der Waals surface area (Å²) in [6.07, 6.45) is 0.670. The Hall–Kier alpha value is -1.55. The maximum atomic E-state index is 10.8. The van der Waals surface area contributed by atoms with E-state index >= 15 is 0 Å². The zero-order chi connectivity index (χ0) is 11.1. The molecule has 0 heterocycles. The van der Waals surface area contributed by atoms with Crippen molar-refractivity contribution < 1.29 is 14.3 Å². The van der Waals surface area contributed by atoms with Crippen LogP contribution in [0.4, 0.5) is 0 Å². The number of esters is 1. The number of carbonyl (C=O) groups excluding carboxylic acids is 1. The third-order valence-corrected chi connectivity index (χ3v) is 1.95. The average Bonchev–Trinajstić information content (AvgIpc) is 2.29. The lowest BCUT2D eigenvalue weighted by Gasteiger charge is -2.05. The highest BCUT2D eigenvalue weighted by Crippen LogP contribution is 2.12. The van der Waals surface area contributed by atoms with Crippen LogP contribution in [0.15, 0.2) is 24.3 Å². The van der Waals surface area contributed by atoms with Crippen molar-refractivity contribution in [1.29, 1.82) is 0 Å². The molecule has 0 bridgehead atoms. The van der Waals surface area contributed by atoms with Gasteiger partial charge in [-0.2, -0.15) is 0 Å². The fourth-order valence-electron chi connectivity index (χ4n) is 1.17. The van der Waals surface area contributed by atoms with Gasteiger partial charge in [-0.3, -0.25) is 4.79 Å². The molecule has 1 aromatic carbocycles. The summed E-state index contributed by atoms with van der Waals surface area (Å²) in [4.78, 5) is 10.8. The molecule has 0 unspecified atom stereocenters. The predicted octanol–water partition coefficient (Wildman–Crippen LogP) is 0.740. The SMILES string of the molecule is COc1cccc(CCOC(=O)CN)c1. The lowest BCUT2D eigenvalue weighted by Crippen LogP contribution is -2.17. The van der Waals surface area contributed by atoms with Crippen molar-refractivity contribution >= 4 is 5.97 Å². The number of ether oxygens (including phenoxy) is 2. The summed E-state index contributed by atoms with van der Waals surface area (Å²) in [5.41, 5.74) is 6.17. The van der Waals surface area contributed by atoms with Gasteiger partial charge in [0.15, 0.2) is 0 Å². The van der Waals surface area contributed by atoms with Crippen molar-refractivity contribution in [2.75, 3.05) is 20.3 Å². The van der Waals surface area contributed by atoms with Crippen LogP contribution in [0, 0.1) is 0 Å². The minimum absolute atomic E-state index is 0.0713. The van der Waals surface area contributed by atoms with E-state index in [1.54, 1.807) is 7.11 Å². The maximum Gasteiger partial charge on any atom is 0.319 e. The molecule has 0 aliphatic rings. The number of rotatable bonds is 5. The van der Waals surface area contributed by atoms with Crippen LogP contribution in [0.2, 0.25) is 0 Å². The molecule has 82 valence electrons. The summed E-state index contributed by atoms with van der Waals surface area (Å²) >= 11 is 0. The lowest BCUT2D eigenvalue weighted by molar-refractivity contribution is -0.141. The van der Waals surface area contributed by atoms with Crippen molar-refractivity contribution in [3.63, 3.8) is 0 Å². The van der Waals surface area contributed by atoms with Gasteiger partial charge in [0, 0.05) is 6.42 Å². The standard InChI is InChI=1S/C11H15NO3/c1-14-10-4-2-3-9(7-10)5-6-15-11(13)8-12/h2-4,7H,5-6,8,12H2,1H3. The van der Waals surface area contributed by atoms with Gasteiger partial charge in [-0.15, -0.1) is 0 Å². The highest BCUT2D eigenvalue weighted by molar-refractivity contribution is 5.71. The van der Waals surface area contributed by atoms with Gasteiger partial charge in [0.1, 0.15) is 5.75 Å². The zero-order valence-electron chi connectivity index (χ0n) is 8.73. The second-order valence-corrected chi connectivity index (χ2v) is 3.03. The summed E-state index contributed by atoms with van der Waals surface area (Å²) in [5.74, 6) is 0.426. The molecule has 0 aliphatic heterocycles. The molecule has 0 atom stereocenters. The third-order valence-electron chi connectivity index (χ3n) is 1.95. The van der Waals surface area contributed by atoms with Crippen LogP contribution in [0.5, 0.6) is 5.75 Å². The maximum absolute atomic E-state index is 10.8. The Bertz CT molecular complexity index is 325. The van der Waals surface area contributed by atoms with Gasteiger partial charge in [-0.1, -0.05) is 12.1 Å². The summed E-state index contributed by atoms with van der Waals surface area (Å²) < 4.78 is 9.94. The van der Waals surface area contributed by atoms with Crippen LogP contribution >= 0.6 is 0 Å². The largest absolute Gasteiger partial charge is 0.497 e. The van der Waals surface area contributed by atoms with Crippen LogP contribution < -0.4 is 10.5 Å². The first kappa shape index (κ1) is 11.5. The van der Waals surface area contributed by atoms with Crippen molar-refractivity contribution in [3.05, 3.63) is 29.8 Å². The Morgan fingerprint density at radius 1 is 1.47 bits per heavy atom. The molecule has 0 saturated carbocycles. The summed E-state index contributed by atoms with van der Waals surface area (Å²) in [6.45, 7) is 0.279. The highest BCUT2D eigenvalue weighted by atomic mass is 16.5. The molecule has 0 saturated heterocycles. The van der Waals surface area contributed by atoms with Gasteiger partial charge in [0.2, 0.25) is 0 Å². The molecule has 0 spiro atoms. The summed E-state index contributed by atoms with van der Waals surface area (Å²) in [7, 11) is 1.62. The Labute approximate surface area is 89.0 Å². The van der Waals surface area contributed by atoms with Gasteiger partial charge in [-0.05, 0) is 17.7 Å². The first-order valence-corrected chi connectivity index (χ1v) is 4.75. The first-order valence-electron chi connectivity index (χ1n) is 4.75. The molecule has 0 fully saturated rings. The zero-order valence-corrected chi connectivity index (χ0v) is 8.73. The number of hydrogen-bond donors (Lipinski definition) is 1. The fourth-order valence-corrected chi connectivity index (χ4v) is 1.17. The van der Waals surface area contributed by atoms with E-state index in [-0.39, 0.29) is 12.5 Å². The van der Waals surface area contributed by atoms with Crippen molar-refractivity contribution in [1.82, 2.24) is 0 Å². The van der Waals surface area contributed by atoms with Crippen molar-refractivity contribution in [3.8, 4) is 5.75 Å². The Morgan fingerprint density at radius 3 is 2.93 bits per heavy atom. The van der Waals surface area contributed by atoms with Crippen LogP contribution in [0.3, 0.4) is 0 Å². The summed E-state index contributed by atoms with van der Waals surface area (Å²) in [5, 5.41) is 0. The molecule has 2 N–H and O–H groups in total. The third kappa shape index (κ3) is 3.99. The minimum Gasteiger partial charge on any atom is -0.497 e. The molecule has 0 radical (unpaired) electrons. The van der Waals surface area contributed by atoms with E-state index < -0.39 is 0 Å². The van der Waals surface area contributed by atoms with Gasteiger partial charge in [-0.25, -0.2) is 0 Å². The normalized spacial score (nSPS) is 9.73. The van der Waals surface area contributed by atoms with E-state index in [0.717, 1.165) is 11.3 Å². The average molecular weight is 209 g/mol. The number of methoxy groups -OCH3 is 1. The second kappa shape index (κ2) is 6.03. The molecule has 0 aromatic heterocycles. The van der Waals surface area contributed by atoms with Crippen molar-refractivity contribution in [2.45, 2.75) is 6.42 Å². The molecule has 0 amide bonds. The molecular formula is C11H15NO3. The van der Waals surface area contributed by atoms with E-state index in [9.17, 15) is 4.79 Å². The molecule has 15 heavy (non-hydrogen) atoms. The van der Waals surface area contributed by atoms with E-state index in [4.69, 9.17) is 15.2 Å². The molecular weight excluding hydrogens is 194 g/mol. The number of nitrogens with two attached hydrogens (primary N) is 1. The van der Waals surface area contributed by atoms with Crippen LogP contribution in [0.25, 0.3) is 0 Å². The highest BCUT2D eigenvalue weighted by Gasteiger charge is 2.00. The fraction of sp³-hybridized carbons (Fsp3) is 0.364. The monoisotopic (exact) mass is 209 g/mol. The molecule has 0 aliphatic carbocycles. The Morgan fingerprint density at radius 2 is 2.27 bits per heavy atom. The van der Waals surface area contributed by atoms with E-state index in [1.807, 2.05) is 24.3 Å². The van der Waals surface area contributed by atoms with E-state index in [2.05, 4.69) is 0 Å². The number of benzene rings is 1. The minimum atomic E-state index is -0.377. The van der Waals surface area contributed by atoms with Crippen LogP contribution in [-0.4, -0.2) is 26.2 Å². The number of hydrogen-bond acceptors (Lipinski definition) is 4. The van der Waals surface area contributed by atoms with Gasteiger partial charge in [0.25, 0.3) is 0 Å². The Kier molecular flexibility index (Phi) is 4.63. The molecule has 4 nitrogen and oxygen atoms in total. The smallest absolute Gasteiger partial charge is 0.319 e. The second-order valence-electron chi connectivity index (χ2n) is 3.03. The first-order chi connectivity index (χ1) is 7.26. The Balaban J connectivity index is 2.40. The topological polar surface area (TPSA) is 61.5 Å². The van der Waals surface area contributed by atoms with Gasteiger partial charge in [0.05, 0.1) is 20.3 Å². The molecule has 1 rings (SSSR count).